The SMILES string of the molecule is CC(=O)O[C@@]12CO[C@@H]1C[C@H](O)[C@@]1(C)C(=O)[C@H](OC(=O)[C@H](O)[C@@H](NC(=O)c3ccccc3)c3ccccc3)C3=C(C)[C@@H](OC(=O)[C@H](O)[C@@H](NC(=O)c4ccccc4)c4ccccc4)C[C@@](O)([C@@H](OC(=O)c4ccccc4)[C@H]21)C3(C)C. The van der Waals surface area contributed by atoms with Crippen LogP contribution in [0.1, 0.15) is 102 Å². The molecule has 18 heteroatoms. The molecule has 18 nitrogen and oxygen atoms in total. The Hall–Kier alpha value is -7.87. The number of fused-ring (bicyclic) bond motifs is 5. The number of aliphatic hydroxyl groups excluding tert-OH is 3. The molecule has 1 saturated heterocycles. The maximum absolute atomic E-state index is 16.4. The summed E-state index contributed by atoms with van der Waals surface area (Å²) in [5.74, 6) is -8.75. The topological polar surface area (TPSA) is 271 Å². The maximum atomic E-state index is 16.4. The second-order valence-electron chi connectivity index (χ2n) is 21.4. The Bertz CT molecular complexity index is 3140. The number of nitrogens with one attached hydrogen (secondary N) is 2. The van der Waals surface area contributed by atoms with Crippen LogP contribution in [-0.4, -0.2) is 122 Å². The highest BCUT2D eigenvalue weighted by atomic mass is 16.6. The van der Waals surface area contributed by atoms with Gasteiger partial charge in [0, 0.05) is 36.3 Å². The lowest BCUT2D eigenvalue weighted by molar-refractivity contribution is -0.346. The Morgan fingerprint density at radius 3 is 1.53 bits per heavy atom. The van der Waals surface area contributed by atoms with E-state index < -0.39 is 137 Å². The third kappa shape index (κ3) is 10.1. The standard InChI is InChI=1S/C61H62N2O16/c1-34-41(76-56(72)47(66)45(36-21-11-6-12-22-36)62-53(69)38-25-15-8-16-26-38)32-61(74)52(78-55(71)40-29-19-10-20-30-40)50-59(5,42(65)31-43-60(50,33-75-43)79-35(2)64)51(68)49(44(34)58(61,3)4)77-57(73)48(67)46(37-23-13-7-14-24-37)63-54(70)39-27-17-9-18-28-39/h6-30,41-43,45-50,52,65-67,74H,31-33H2,1-5H3,(H,62,69)(H,63,70)/t41-,42-,43+,45-,46-,47+,48+,49+,50-,52-,59+,60-,61+/m0/s1. The monoisotopic (exact) mass is 1080 g/mol. The molecular weight excluding hydrogens is 1020 g/mol. The molecule has 9 rings (SSSR count). The number of ether oxygens (including phenoxy) is 5. The number of amides is 2. The molecule has 0 unspecified atom stereocenters. The zero-order valence-corrected chi connectivity index (χ0v) is 44.0. The number of ketones is 1. The van der Waals surface area contributed by atoms with Gasteiger partial charge < -0.3 is 54.7 Å². The lowest BCUT2D eigenvalue weighted by atomic mass is 9.44. The normalized spacial score (nSPS) is 28.2. The molecule has 3 fully saturated rings. The van der Waals surface area contributed by atoms with E-state index in [1.807, 2.05) is 0 Å². The Labute approximate surface area is 455 Å². The number of esters is 4. The molecule has 5 aromatic rings. The fourth-order valence-electron chi connectivity index (χ4n) is 12.2. The molecule has 4 aliphatic rings. The number of carbonyl (C=O) groups excluding carboxylic acids is 7. The van der Waals surface area contributed by atoms with Crippen molar-refractivity contribution >= 4 is 41.5 Å². The first-order valence-electron chi connectivity index (χ1n) is 26.0. The van der Waals surface area contributed by atoms with Crippen LogP contribution in [0.4, 0.5) is 0 Å². The molecule has 79 heavy (non-hydrogen) atoms. The van der Waals surface area contributed by atoms with Crippen molar-refractivity contribution in [1.82, 2.24) is 10.6 Å². The van der Waals surface area contributed by atoms with Gasteiger partial charge in [-0.1, -0.05) is 129 Å². The highest BCUT2D eigenvalue weighted by Crippen LogP contribution is 2.64. The molecule has 412 valence electrons. The largest absolute Gasteiger partial charge is 0.456 e. The van der Waals surface area contributed by atoms with E-state index in [1.165, 1.54) is 52.0 Å². The predicted molar refractivity (Wildman–Crippen MR) is 281 cm³/mol. The van der Waals surface area contributed by atoms with Crippen LogP contribution < -0.4 is 10.6 Å². The van der Waals surface area contributed by atoms with Gasteiger partial charge in [-0.2, -0.15) is 0 Å². The number of aliphatic hydroxyl groups is 4. The Balaban J connectivity index is 1.20. The lowest BCUT2D eigenvalue weighted by Gasteiger charge is -2.67. The van der Waals surface area contributed by atoms with Gasteiger partial charge in [-0.05, 0) is 72.5 Å². The van der Waals surface area contributed by atoms with Crippen LogP contribution >= 0.6 is 0 Å². The summed E-state index contributed by atoms with van der Waals surface area (Å²) in [6, 6.07) is 37.0. The molecule has 2 amide bonds. The van der Waals surface area contributed by atoms with Gasteiger partial charge in [0.25, 0.3) is 11.8 Å². The van der Waals surface area contributed by atoms with E-state index in [2.05, 4.69) is 10.6 Å². The first-order valence-corrected chi connectivity index (χ1v) is 26.0. The van der Waals surface area contributed by atoms with E-state index in [-0.39, 0.29) is 39.8 Å². The van der Waals surface area contributed by atoms with Crippen molar-refractivity contribution in [1.29, 1.82) is 0 Å². The molecule has 6 N–H and O–H groups in total. The first-order chi connectivity index (χ1) is 37.6. The summed E-state index contributed by atoms with van der Waals surface area (Å²) in [5.41, 5.74) is -7.93. The highest BCUT2D eigenvalue weighted by molar-refractivity contribution is 5.98. The average Bonchev–Trinajstić information content (AvgIpc) is 2.82. The van der Waals surface area contributed by atoms with Crippen LogP contribution in [0.2, 0.25) is 0 Å². The van der Waals surface area contributed by atoms with Crippen molar-refractivity contribution in [3.63, 3.8) is 0 Å². The summed E-state index contributed by atoms with van der Waals surface area (Å²) in [7, 11) is 0. The van der Waals surface area contributed by atoms with E-state index in [0.29, 0.717) is 5.56 Å². The zero-order valence-electron chi connectivity index (χ0n) is 44.0. The number of Topliss-reactive ketones (excluding diaryl/α,β-unsaturated/α-hetero) is 1. The highest BCUT2D eigenvalue weighted by Gasteiger charge is 2.78. The maximum Gasteiger partial charge on any atom is 0.338 e. The predicted octanol–water partition coefficient (Wildman–Crippen LogP) is 5.25. The number of hydrogen-bond donors (Lipinski definition) is 6. The van der Waals surface area contributed by atoms with Crippen LogP contribution in [-0.2, 0) is 42.9 Å². The number of carbonyl (C=O) groups is 7. The van der Waals surface area contributed by atoms with Crippen LogP contribution in [0.25, 0.3) is 0 Å². The quantitative estimate of drug-likeness (QED) is 0.0444. The summed E-state index contributed by atoms with van der Waals surface area (Å²) in [6.45, 7) is 6.44. The third-order valence-electron chi connectivity index (χ3n) is 16.5. The minimum absolute atomic E-state index is 0.00442. The summed E-state index contributed by atoms with van der Waals surface area (Å²) in [6.07, 6.45) is -14.1. The van der Waals surface area contributed by atoms with E-state index in [4.69, 9.17) is 23.7 Å². The minimum Gasteiger partial charge on any atom is -0.456 e. The molecule has 0 radical (unpaired) electrons. The third-order valence-corrected chi connectivity index (χ3v) is 16.5. The van der Waals surface area contributed by atoms with E-state index in [0.717, 1.165) is 6.92 Å². The van der Waals surface area contributed by atoms with Crippen LogP contribution in [0, 0.1) is 16.7 Å². The summed E-state index contributed by atoms with van der Waals surface area (Å²) in [4.78, 5) is 102. The van der Waals surface area contributed by atoms with Gasteiger partial charge in [0.2, 0.25) is 0 Å². The molecule has 1 aliphatic heterocycles. The Kier molecular flexibility index (Phi) is 15.6. The molecule has 2 bridgehead atoms. The summed E-state index contributed by atoms with van der Waals surface area (Å²) < 4.78 is 31.2. The van der Waals surface area contributed by atoms with Gasteiger partial charge in [-0.3, -0.25) is 19.2 Å². The van der Waals surface area contributed by atoms with Crippen LogP contribution in [0.5, 0.6) is 0 Å². The smallest absolute Gasteiger partial charge is 0.338 e. The Morgan fingerprint density at radius 1 is 0.646 bits per heavy atom. The Morgan fingerprint density at radius 2 is 1.09 bits per heavy atom. The lowest BCUT2D eigenvalue weighted by Crippen LogP contribution is -2.82. The summed E-state index contributed by atoms with van der Waals surface area (Å²) in [5, 5.41) is 56.3. The van der Waals surface area contributed by atoms with Gasteiger partial charge >= 0.3 is 23.9 Å². The fraction of sp³-hybridized carbons (Fsp3) is 0.361. The van der Waals surface area contributed by atoms with Gasteiger partial charge in [0.05, 0.1) is 41.7 Å². The molecule has 13 atom stereocenters. The molecule has 5 aromatic carbocycles. The van der Waals surface area contributed by atoms with Crippen molar-refractivity contribution in [3.8, 4) is 0 Å². The molecule has 0 spiro atoms. The zero-order chi connectivity index (χ0) is 56.6. The van der Waals surface area contributed by atoms with Crippen molar-refractivity contribution in [3.05, 3.63) is 191 Å². The van der Waals surface area contributed by atoms with Gasteiger partial charge in [-0.25, -0.2) is 14.4 Å². The van der Waals surface area contributed by atoms with E-state index in [9.17, 15) is 44.4 Å². The van der Waals surface area contributed by atoms with E-state index in [1.54, 1.807) is 127 Å². The number of hydrogen-bond acceptors (Lipinski definition) is 16. The van der Waals surface area contributed by atoms with Gasteiger partial charge in [0.1, 0.15) is 23.9 Å². The molecular formula is C61H62N2O16. The van der Waals surface area contributed by atoms with Crippen molar-refractivity contribution in [2.45, 2.75) is 113 Å². The van der Waals surface area contributed by atoms with Crippen LogP contribution in [0.3, 0.4) is 0 Å². The van der Waals surface area contributed by atoms with Gasteiger partial charge in [0.15, 0.2) is 29.7 Å². The summed E-state index contributed by atoms with van der Waals surface area (Å²) >= 11 is 0. The molecule has 1 heterocycles. The average molecular weight is 1080 g/mol. The van der Waals surface area contributed by atoms with Crippen molar-refractivity contribution in [2.24, 2.45) is 16.7 Å². The van der Waals surface area contributed by atoms with Crippen LogP contribution in [0.15, 0.2) is 163 Å². The fourth-order valence-corrected chi connectivity index (χ4v) is 12.2. The minimum atomic E-state index is -2.58. The van der Waals surface area contributed by atoms with E-state index >= 15 is 9.59 Å². The van der Waals surface area contributed by atoms with Crippen molar-refractivity contribution < 1.29 is 77.7 Å². The van der Waals surface area contributed by atoms with Crippen molar-refractivity contribution in [2.75, 3.05) is 6.61 Å². The number of rotatable bonds is 15. The molecule has 2 saturated carbocycles. The molecule has 3 aliphatic carbocycles. The second-order valence-corrected chi connectivity index (χ2v) is 21.4. The first kappa shape index (κ1) is 55.9. The molecule has 0 aromatic heterocycles. The second kappa shape index (κ2) is 22.1. The van der Waals surface area contributed by atoms with Gasteiger partial charge in [-0.15, -0.1) is 0 Å². The number of benzene rings is 5.